The van der Waals surface area contributed by atoms with Gasteiger partial charge in [0.2, 0.25) is 0 Å². The number of nitrogens with two attached hydrogens (primary N) is 1. The third-order valence-electron chi connectivity index (χ3n) is 3.46. The Kier molecular flexibility index (Phi) is 5.06. The average molecular weight is 326 g/mol. The molecule has 1 aromatic rings. The number of carbonyl (C=O) groups excluding carboxylic acids is 1. The molecule has 6 heteroatoms. The quantitative estimate of drug-likeness (QED) is 0.804. The lowest BCUT2D eigenvalue weighted by Crippen LogP contribution is -2.39. The van der Waals surface area contributed by atoms with E-state index in [0.29, 0.717) is 23.8 Å². The summed E-state index contributed by atoms with van der Waals surface area (Å²) in [4.78, 5) is 16.1. The van der Waals surface area contributed by atoms with Crippen LogP contribution in [0.1, 0.15) is 27.2 Å². The van der Waals surface area contributed by atoms with E-state index in [4.69, 9.17) is 22.1 Å². The van der Waals surface area contributed by atoms with Crippen LogP contribution in [-0.4, -0.2) is 42.8 Å². The summed E-state index contributed by atoms with van der Waals surface area (Å²) < 4.78 is 5.44. The molecule has 1 aliphatic heterocycles. The fraction of sp³-hybridized carbons (Fsp3) is 0.562. The Morgan fingerprint density at radius 3 is 2.59 bits per heavy atom. The molecular weight excluding hydrogens is 302 g/mol. The van der Waals surface area contributed by atoms with Gasteiger partial charge in [-0.3, -0.25) is 0 Å². The Labute approximate surface area is 137 Å². The van der Waals surface area contributed by atoms with Crippen LogP contribution in [-0.2, 0) is 4.74 Å². The number of halogens is 1. The molecule has 0 radical (unpaired) electrons. The van der Waals surface area contributed by atoms with E-state index in [1.165, 1.54) is 0 Å². The minimum atomic E-state index is -0.469. The summed E-state index contributed by atoms with van der Waals surface area (Å²) in [6.45, 7) is 8.52. The highest BCUT2D eigenvalue weighted by Gasteiger charge is 2.25. The Morgan fingerprint density at radius 1 is 1.23 bits per heavy atom. The van der Waals surface area contributed by atoms with Gasteiger partial charge in [0.05, 0.1) is 10.7 Å². The summed E-state index contributed by atoms with van der Waals surface area (Å²) in [5, 5.41) is 0.644. The van der Waals surface area contributed by atoms with Crippen LogP contribution in [0.4, 0.5) is 16.2 Å². The fourth-order valence-electron chi connectivity index (χ4n) is 2.45. The van der Waals surface area contributed by atoms with Gasteiger partial charge in [0.25, 0.3) is 0 Å². The number of amides is 1. The van der Waals surface area contributed by atoms with Gasteiger partial charge in [-0.1, -0.05) is 11.6 Å². The maximum atomic E-state index is 12.2. The van der Waals surface area contributed by atoms with Crippen molar-refractivity contribution in [1.82, 2.24) is 4.90 Å². The van der Waals surface area contributed by atoms with Gasteiger partial charge in [0, 0.05) is 31.9 Å². The van der Waals surface area contributed by atoms with E-state index in [1.807, 2.05) is 32.9 Å². The molecule has 0 spiro atoms. The van der Waals surface area contributed by atoms with E-state index >= 15 is 0 Å². The highest BCUT2D eigenvalue weighted by Crippen LogP contribution is 2.28. The van der Waals surface area contributed by atoms with Crippen molar-refractivity contribution in [2.24, 2.45) is 0 Å². The van der Waals surface area contributed by atoms with E-state index in [-0.39, 0.29) is 6.09 Å². The van der Waals surface area contributed by atoms with E-state index in [9.17, 15) is 4.79 Å². The van der Waals surface area contributed by atoms with Crippen molar-refractivity contribution in [3.8, 4) is 0 Å². The van der Waals surface area contributed by atoms with Crippen molar-refractivity contribution >= 4 is 29.1 Å². The van der Waals surface area contributed by atoms with Crippen LogP contribution in [0, 0.1) is 0 Å². The molecule has 0 atom stereocenters. The topological polar surface area (TPSA) is 58.8 Å². The van der Waals surface area contributed by atoms with Gasteiger partial charge in [-0.05, 0) is 45.4 Å². The molecule has 1 amide bonds. The second-order valence-corrected chi connectivity index (χ2v) is 6.93. The number of benzene rings is 1. The Balaban J connectivity index is 2.02. The van der Waals surface area contributed by atoms with Crippen LogP contribution in [0.2, 0.25) is 5.02 Å². The largest absolute Gasteiger partial charge is 0.444 e. The predicted molar refractivity (Wildman–Crippen MR) is 90.5 cm³/mol. The number of hydrogen-bond donors (Lipinski definition) is 1. The van der Waals surface area contributed by atoms with Crippen molar-refractivity contribution < 1.29 is 9.53 Å². The zero-order valence-corrected chi connectivity index (χ0v) is 14.2. The number of carbonyl (C=O) groups is 1. The number of ether oxygens (including phenoxy) is 1. The van der Waals surface area contributed by atoms with Gasteiger partial charge in [-0.15, -0.1) is 0 Å². The summed E-state index contributed by atoms with van der Waals surface area (Å²) in [7, 11) is 0. The molecule has 0 bridgehead atoms. The monoisotopic (exact) mass is 325 g/mol. The molecule has 5 nitrogen and oxygen atoms in total. The number of hydrogen-bond acceptors (Lipinski definition) is 4. The molecule has 1 aromatic carbocycles. The standard InChI is InChI=1S/C16H24ClN3O2/c1-16(2,3)22-15(21)20-8-4-7-19(9-10-20)14-6-5-12(18)11-13(14)17/h5-6,11H,4,7-10,18H2,1-3H3. The Hall–Kier alpha value is -1.62. The average Bonchev–Trinajstić information content (AvgIpc) is 2.62. The van der Waals surface area contributed by atoms with Crippen LogP contribution < -0.4 is 10.6 Å². The first-order chi connectivity index (χ1) is 10.3. The van der Waals surface area contributed by atoms with Gasteiger partial charge in [0.15, 0.2) is 0 Å². The number of rotatable bonds is 1. The first-order valence-electron chi connectivity index (χ1n) is 7.54. The maximum absolute atomic E-state index is 12.2. The second kappa shape index (κ2) is 6.65. The van der Waals surface area contributed by atoms with E-state index in [0.717, 1.165) is 25.2 Å². The summed E-state index contributed by atoms with van der Waals surface area (Å²) in [6, 6.07) is 5.53. The van der Waals surface area contributed by atoms with Crippen molar-refractivity contribution in [1.29, 1.82) is 0 Å². The first-order valence-corrected chi connectivity index (χ1v) is 7.92. The van der Waals surface area contributed by atoms with Crippen molar-refractivity contribution in [2.75, 3.05) is 36.8 Å². The molecule has 2 rings (SSSR count). The first kappa shape index (κ1) is 16.7. The molecule has 122 valence electrons. The Morgan fingerprint density at radius 2 is 1.95 bits per heavy atom. The van der Waals surface area contributed by atoms with E-state index in [1.54, 1.807) is 11.0 Å². The molecule has 0 unspecified atom stereocenters. The number of nitrogen functional groups attached to an aromatic ring is 1. The minimum Gasteiger partial charge on any atom is -0.444 e. The third-order valence-corrected chi connectivity index (χ3v) is 3.76. The second-order valence-electron chi connectivity index (χ2n) is 6.52. The summed E-state index contributed by atoms with van der Waals surface area (Å²) in [6.07, 6.45) is 0.623. The molecule has 0 aromatic heterocycles. The molecule has 2 N–H and O–H groups in total. The van der Waals surface area contributed by atoms with Crippen LogP contribution in [0.5, 0.6) is 0 Å². The molecular formula is C16H24ClN3O2. The normalized spacial score (nSPS) is 16.4. The molecule has 1 aliphatic rings. The van der Waals surface area contributed by atoms with E-state index < -0.39 is 5.60 Å². The summed E-state index contributed by atoms with van der Waals surface area (Å²) in [5.41, 5.74) is 6.88. The van der Waals surface area contributed by atoms with Gasteiger partial charge >= 0.3 is 6.09 Å². The maximum Gasteiger partial charge on any atom is 0.410 e. The zero-order chi connectivity index (χ0) is 16.3. The fourth-order valence-corrected chi connectivity index (χ4v) is 2.76. The van der Waals surface area contributed by atoms with Crippen LogP contribution >= 0.6 is 11.6 Å². The molecule has 22 heavy (non-hydrogen) atoms. The lowest BCUT2D eigenvalue weighted by molar-refractivity contribution is 0.0263. The van der Waals surface area contributed by atoms with Crippen LogP contribution in [0.25, 0.3) is 0 Å². The van der Waals surface area contributed by atoms with Gasteiger partial charge in [-0.2, -0.15) is 0 Å². The SMILES string of the molecule is CC(C)(C)OC(=O)N1CCCN(c2ccc(N)cc2Cl)CC1. The summed E-state index contributed by atoms with van der Waals surface area (Å²) >= 11 is 6.28. The smallest absolute Gasteiger partial charge is 0.410 e. The van der Waals surface area contributed by atoms with E-state index in [2.05, 4.69) is 4.90 Å². The Bertz CT molecular complexity index is 543. The number of anilines is 2. The molecule has 1 fully saturated rings. The predicted octanol–water partition coefficient (Wildman–Crippen LogP) is 3.37. The minimum absolute atomic E-state index is 0.252. The molecule has 1 saturated heterocycles. The molecule has 0 saturated carbocycles. The summed E-state index contributed by atoms with van der Waals surface area (Å²) in [5.74, 6) is 0. The van der Waals surface area contributed by atoms with Gasteiger partial charge in [-0.25, -0.2) is 4.79 Å². The lowest BCUT2D eigenvalue weighted by Gasteiger charge is -2.27. The van der Waals surface area contributed by atoms with Gasteiger partial charge < -0.3 is 20.3 Å². The zero-order valence-electron chi connectivity index (χ0n) is 13.4. The van der Waals surface area contributed by atoms with Crippen molar-refractivity contribution in [2.45, 2.75) is 32.8 Å². The molecule has 1 heterocycles. The third kappa shape index (κ3) is 4.44. The van der Waals surface area contributed by atoms with Crippen LogP contribution in [0.3, 0.4) is 0 Å². The highest BCUT2D eigenvalue weighted by atomic mass is 35.5. The van der Waals surface area contributed by atoms with Gasteiger partial charge in [0.1, 0.15) is 5.60 Å². The highest BCUT2D eigenvalue weighted by molar-refractivity contribution is 6.33. The number of nitrogens with zero attached hydrogens (tertiary/aromatic N) is 2. The van der Waals surface area contributed by atoms with Crippen molar-refractivity contribution in [3.05, 3.63) is 23.2 Å². The van der Waals surface area contributed by atoms with Crippen LogP contribution in [0.15, 0.2) is 18.2 Å². The van der Waals surface area contributed by atoms with Crippen molar-refractivity contribution in [3.63, 3.8) is 0 Å². The molecule has 0 aliphatic carbocycles. The lowest BCUT2D eigenvalue weighted by atomic mass is 10.2.